The Balaban J connectivity index is 0.000000276. The molecule has 0 radical (unpaired) electrons. The van der Waals surface area contributed by atoms with E-state index < -0.39 is 28.0 Å². The van der Waals surface area contributed by atoms with Gasteiger partial charge in [-0.2, -0.15) is 10.5 Å². The van der Waals surface area contributed by atoms with E-state index in [0.29, 0.717) is 75.4 Å². The second kappa shape index (κ2) is 20.5. The molecule has 6 N–H and O–H groups in total. The molecule has 0 amide bonds. The Morgan fingerprint density at radius 1 is 0.678 bits per heavy atom. The SMILES string of the molecule is CCc1cc(Oc2ccc(C#N)cc2)ccc1B(O)OB(O)c1ccc(Oc2ccc(C#N)cc2)cc1CO.O.[C-]#[N+]c1ccc(Oc2ccc3c(c2)COB3O)cc1. The minimum absolute atomic E-state index is 0. The van der Waals surface area contributed by atoms with Gasteiger partial charge in [-0.25, -0.2) is 4.85 Å². The molecule has 6 aromatic carbocycles. The van der Waals surface area contributed by atoms with Crippen LogP contribution in [0.15, 0.2) is 127 Å². The van der Waals surface area contributed by atoms with Crippen LogP contribution in [0.25, 0.3) is 4.85 Å². The van der Waals surface area contributed by atoms with Gasteiger partial charge in [0.2, 0.25) is 0 Å². The van der Waals surface area contributed by atoms with Crippen LogP contribution in [-0.4, -0.2) is 47.0 Å². The zero-order valence-electron chi connectivity index (χ0n) is 31.6. The summed E-state index contributed by atoms with van der Waals surface area (Å²) >= 11 is 0. The number of hydrogen-bond acceptors (Lipinski definition) is 11. The summed E-state index contributed by atoms with van der Waals surface area (Å²) in [4.78, 5) is 3.32. The van der Waals surface area contributed by atoms with Crippen molar-refractivity contribution in [2.45, 2.75) is 26.6 Å². The lowest BCUT2D eigenvalue weighted by molar-refractivity contribution is 0.275. The van der Waals surface area contributed by atoms with Crippen molar-refractivity contribution in [3.05, 3.63) is 167 Å². The molecular formula is C43H36B3N3O10. The molecule has 13 nitrogen and oxygen atoms in total. The van der Waals surface area contributed by atoms with Crippen molar-refractivity contribution in [3.63, 3.8) is 0 Å². The predicted octanol–water partition coefficient (Wildman–Crippen LogP) is 4.58. The van der Waals surface area contributed by atoms with Crippen molar-refractivity contribution in [1.82, 2.24) is 0 Å². The van der Waals surface area contributed by atoms with Gasteiger partial charge in [-0.1, -0.05) is 37.3 Å². The Bertz CT molecular complexity index is 2370. The maximum atomic E-state index is 10.8. The molecule has 0 unspecified atom stereocenters. The molecule has 292 valence electrons. The van der Waals surface area contributed by atoms with Gasteiger partial charge in [0.05, 0.1) is 43.1 Å². The van der Waals surface area contributed by atoms with E-state index in [1.165, 1.54) is 0 Å². The maximum Gasteiger partial charge on any atom is 0.491 e. The summed E-state index contributed by atoms with van der Waals surface area (Å²) in [5.74, 6) is 3.41. The first-order valence-corrected chi connectivity index (χ1v) is 18.0. The molecule has 0 fully saturated rings. The van der Waals surface area contributed by atoms with Crippen molar-refractivity contribution in [2.75, 3.05) is 0 Å². The highest BCUT2D eigenvalue weighted by Gasteiger charge is 2.30. The molecule has 0 bridgehead atoms. The second-order valence-corrected chi connectivity index (χ2v) is 12.8. The van der Waals surface area contributed by atoms with Crippen LogP contribution < -0.4 is 30.6 Å². The Labute approximate surface area is 342 Å². The molecule has 0 aliphatic carbocycles. The Morgan fingerprint density at radius 2 is 1.12 bits per heavy atom. The first-order chi connectivity index (χ1) is 28.2. The highest BCUT2D eigenvalue weighted by atomic mass is 16.5. The minimum atomic E-state index is -1.52. The first-order valence-electron chi connectivity index (χ1n) is 18.0. The van der Waals surface area contributed by atoms with Gasteiger partial charge in [-0.3, -0.25) is 0 Å². The maximum absolute atomic E-state index is 10.8. The highest BCUT2D eigenvalue weighted by molar-refractivity contribution is 6.73. The van der Waals surface area contributed by atoms with Crippen LogP contribution in [0.4, 0.5) is 5.69 Å². The van der Waals surface area contributed by atoms with Crippen LogP contribution in [0.3, 0.4) is 0 Å². The normalized spacial score (nSPS) is 11.0. The van der Waals surface area contributed by atoms with Crippen molar-refractivity contribution in [1.29, 1.82) is 10.5 Å². The summed E-state index contributed by atoms with van der Waals surface area (Å²) in [6.07, 6.45) is 0.569. The average Bonchev–Trinajstić information content (AvgIpc) is 3.63. The second-order valence-electron chi connectivity index (χ2n) is 12.8. The van der Waals surface area contributed by atoms with E-state index >= 15 is 0 Å². The smallest absolute Gasteiger partial charge is 0.457 e. The highest BCUT2D eigenvalue weighted by Crippen LogP contribution is 2.27. The van der Waals surface area contributed by atoms with E-state index in [4.69, 9.17) is 40.5 Å². The summed E-state index contributed by atoms with van der Waals surface area (Å²) < 4.78 is 28.0. The molecule has 16 heteroatoms. The van der Waals surface area contributed by atoms with Gasteiger partial charge in [0, 0.05) is 0 Å². The molecule has 0 saturated heterocycles. The van der Waals surface area contributed by atoms with Crippen LogP contribution >= 0.6 is 0 Å². The zero-order valence-corrected chi connectivity index (χ0v) is 31.6. The van der Waals surface area contributed by atoms with Crippen LogP contribution in [0.2, 0.25) is 0 Å². The molecule has 7 rings (SSSR count). The Kier molecular flexibility index (Phi) is 15.0. The molecule has 59 heavy (non-hydrogen) atoms. The van der Waals surface area contributed by atoms with E-state index in [0.717, 1.165) is 16.6 Å². The molecule has 0 saturated carbocycles. The lowest BCUT2D eigenvalue weighted by atomic mass is 9.68. The number of fused-ring (bicyclic) bond motifs is 1. The number of ether oxygens (including phenoxy) is 3. The number of benzene rings is 6. The van der Waals surface area contributed by atoms with Crippen molar-refractivity contribution in [3.8, 4) is 46.6 Å². The van der Waals surface area contributed by atoms with Crippen LogP contribution in [0.5, 0.6) is 34.5 Å². The van der Waals surface area contributed by atoms with Gasteiger partial charge in [0.15, 0.2) is 5.69 Å². The van der Waals surface area contributed by atoms with Crippen molar-refractivity contribution < 1.29 is 49.1 Å². The van der Waals surface area contributed by atoms with Gasteiger partial charge < -0.3 is 49.1 Å². The first kappa shape index (κ1) is 43.2. The van der Waals surface area contributed by atoms with Gasteiger partial charge in [-0.05, 0) is 137 Å². The molecule has 1 aliphatic rings. The standard InChI is InChI=1S/C29H24B2N2O6.C14H10BNO3.H2O/c1-2-22-15-26(37-24-7-3-20(17-32)4-8-24)11-13-28(22)30(35)39-31(36)29-14-12-27(16-23(29)19-34)38-25-9-5-21(18-33)6-10-25;1-16-11-2-4-12(5-3-11)19-13-6-7-14-10(8-13)9-18-15(14)17;/h3-16,34-36H,2,19H2,1H3;2-8,17H,9H2;1H2. The Hall–Kier alpha value is -6.90. The number of aryl methyl sites for hydroxylation is 1. The van der Waals surface area contributed by atoms with E-state index in [9.17, 15) is 20.2 Å². The van der Waals surface area contributed by atoms with Gasteiger partial charge in [-0.15, -0.1) is 0 Å². The van der Waals surface area contributed by atoms with Crippen LogP contribution in [0, 0.1) is 29.2 Å². The number of hydrogen-bond donors (Lipinski definition) is 4. The zero-order chi connectivity index (χ0) is 41.0. The number of nitrogens with zero attached hydrogens (tertiary/aromatic N) is 3. The lowest BCUT2D eigenvalue weighted by Gasteiger charge is -2.18. The van der Waals surface area contributed by atoms with E-state index in [-0.39, 0.29) is 10.9 Å². The third-order valence-corrected chi connectivity index (χ3v) is 8.99. The predicted molar refractivity (Wildman–Crippen MR) is 222 cm³/mol. The van der Waals surface area contributed by atoms with Gasteiger partial charge >= 0.3 is 21.4 Å². The third kappa shape index (κ3) is 11.2. The van der Waals surface area contributed by atoms with Crippen LogP contribution in [-0.2, 0) is 28.9 Å². The van der Waals surface area contributed by atoms with E-state index in [2.05, 4.69) is 10.9 Å². The number of aliphatic hydroxyl groups is 1. The fourth-order valence-electron chi connectivity index (χ4n) is 5.95. The van der Waals surface area contributed by atoms with Crippen molar-refractivity contribution in [2.24, 2.45) is 0 Å². The lowest BCUT2D eigenvalue weighted by Crippen LogP contribution is -2.47. The molecule has 1 aliphatic heterocycles. The quantitative estimate of drug-likeness (QED) is 0.0996. The largest absolute Gasteiger partial charge is 0.491 e. The summed E-state index contributed by atoms with van der Waals surface area (Å²) in [7, 11) is -3.80. The van der Waals surface area contributed by atoms with Gasteiger partial charge in [0.1, 0.15) is 34.5 Å². The average molecular weight is 787 g/mol. The number of rotatable bonds is 12. The number of aliphatic hydroxyl groups excluding tert-OH is 1. The fraction of sp³-hybridized carbons (Fsp3) is 0.0930. The monoisotopic (exact) mass is 787 g/mol. The molecular weight excluding hydrogens is 751 g/mol. The summed E-state index contributed by atoms with van der Waals surface area (Å²) in [6, 6.07) is 39.6. The summed E-state index contributed by atoms with van der Waals surface area (Å²) in [5.41, 5.74) is 5.21. The minimum Gasteiger partial charge on any atom is -0.457 e. The van der Waals surface area contributed by atoms with Gasteiger partial charge in [0.25, 0.3) is 0 Å². The van der Waals surface area contributed by atoms with E-state index in [1.807, 2.05) is 19.1 Å². The number of nitriles is 2. The molecule has 6 aromatic rings. The summed E-state index contributed by atoms with van der Waals surface area (Å²) in [5, 5.41) is 58.8. The van der Waals surface area contributed by atoms with Crippen LogP contribution in [0.1, 0.15) is 34.7 Å². The molecule has 0 spiro atoms. The van der Waals surface area contributed by atoms with E-state index in [1.54, 1.807) is 121 Å². The molecule has 1 heterocycles. The Morgan fingerprint density at radius 3 is 1.59 bits per heavy atom. The topological polar surface area (TPSA) is 211 Å². The summed E-state index contributed by atoms with van der Waals surface area (Å²) in [6.45, 7) is 8.81. The fourth-order valence-corrected chi connectivity index (χ4v) is 5.95. The molecule has 0 aromatic heterocycles. The van der Waals surface area contributed by atoms with Crippen molar-refractivity contribution >= 4 is 43.4 Å². The third-order valence-electron chi connectivity index (χ3n) is 8.99. The molecule has 0 atom stereocenters.